The summed E-state index contributed by atoms with van der Waals surface area (Å²) >= 11 is 0. The minimum Gasteiger partial charge on any atom is -0.472 e. The molecule has 2 saturated carbocycles. The Morgan fingerprint density at radius 1 is 1.15 bits per heavy atom. The van der Waals surface area contributed by atoms with Gasteiger partial charge in [-0.25, -0.2) is 14.2 Å². The fourth-order valence-electron chi connectivity index (χ4n) is 8.48. The lowest BCUT2D eigenvalue weighted by Gasteiger charge is -2.38. The number of benzene rings is 1. The molecule has 2 aromatic rings. The molecular formula is C34H37FN6O6. The molecule has 0 radical (unpaired) electrons. The summed E-state index contributed by atoms with van der Waals surface area (Å²) in [6, 6.07) is 10.7. The number of alkyl halides is 1. The van der Waals surface area contributed by atoms with Crippen LogP contribution in [-0.4, -0.2) is 81.6 Å². The van der Waals surface area contributed by atoms with Gasteiger partial charge in [-0.05, 0) is 66.2 Å². The zero-order chi connectivity index (χ0) is 33.2. The zero-order valence-electron chi connectivity index (χ0n) is 26.4. The number of amides is 4. The van der Waals surface area contributed by atoms with Gasteiger partial charge in [0.05, 0.1) is 12.6 Å². The number of pyridine rings is 1. The van der Waals surface area contributed by atoms with E-state index in [4.69, 9.17) is 9.47 Å². The summed E-state index contributed by atoms with van der Waals surface area (Å²) in [5, 5.41) is 15.7. The topological polar surface area (TPSA) is 154 Å². The molecule has 47 heavy (non-hydrogen) atoms. The number of likely N-dealkylation sites (tertiary alicyclic amines) is 2. The van der Waals surface area contributed by atoms with Gasteiger partial charge >= 0.3 is 6.09 Å². The van der Waals surface area contributed by atoms with Gasteiger partial charge in [-0.15, -0.1) is 0 Å². The lowest BCUT2D eigenvalue weighted by molar-refractivity contribution is -0.149. The number of anilines is 1. The van der Waals surface area contributed by atoms with E-state index >= 15 is 4.39 Å². The standard InChI is InChI=1S/C34H37FN6O6/c1-33(2,3)27(38-32(45)46-20-8-5-4-6-9-20)30(43)40-16-22-18-12-21(23(35)13-18)25(22)26(40)29(42)41-17-34(14-19(41)15-36)31(44)39-28-24(47-34)10-7-11-37-28/h4-11,18-19,21-23,25-27H,12-14,16-17H2,1-3H3,(H,38,45)(H,37,39,44)/t18-,19-,21+,22+,23+,25-,26-,27+,34+/m0/s1. The number of aromatic nitrogens is 1. The number of hydrogen-bond donors (Lipinski definition) is 2. The van der Waals surface area contributed by atoms with Crippen molar-refractivity contribution in [3.05, 3.63) is 48.7 Å². The van der Waals surface area contributed by atoms with E-state index in [1.807, 2.05) is 0 Å². The van der Waals surface area contributed by atoms with Gasteiger partial charge in [0, 0.05) is 19.2 Å². The first-order valence-corrected chi connectivity index (χ1v) is 16.0. The van der Waals surface area contributed by atoms with Gasteiger partial charge < -0.3 is 29.9 Å². The van der Waals surface area contributed by atoms with Crippen molar-refractivity contribution < 1.29 is 33.0 Å². The molecule has 246 valence electrons. The molecule has 1 aromatic carbocycles. The quantitative estimate of drug-likeness (QED) is 0.514. The molecule has 2 aliphatic carbocycles. The molecule has 2 saturated heterocycles. The number of rotatable bonds is 4. The molecule has 2 bridgehead atoms. The van der Waals surface area contributed by atoms with Crippen LogP contribution in [0.3, 0.4) is 0 Å². The molecule has 13 heteroatoms. The third kappa shape index (κ3) is 5.14. The van der Waals surface area contributed by atoms with E-state index in [1.165, 1.54) is 16.0 Å². The number of halogens is 1. The highest BCUT2D eigenvalue weighted by atomic mass is 19.1. The maximum atomic E-state index is 15.3. The van der Waals surface area contributed by atoms with Crippen molar-refractivity contribution in [1.29, 1.82) is 5.26 Å². The van der Waals surface area contributed by atoms with Crippen molar-refractivity contribution in [2.24, 2.45) is 29.1 Å². The Bertz CT molecular complexity index is 1660. The predicted molar refractivity (Wildman–Crippen MR) is 164 cm³/mol. The SMILES string of the molecule is CC(C)(C)[C@H](NC(=O)Oc1ccccc1)C(=O)N1C[C@@H]2[C@H]3C[C@@H]([C@@H]2[C@H]1C(=O)N1C[C@@]2(C[C@H]1C#N)Oc1cccnc1NC2=O)[C@H](F)C3. The van der Waals surface area contributed by atoms with Crippen LogP contribution in [0.5, 0.6) is 11.5 Å². The fraction of sp³-hybridized carbons (Fsp3) is 0.529. The molecule has 4 amide bonds. The van der Waals surface area contributed by atoms with Crippen molar-refractivity contribution >= 4 is 29.6 Å². The van der Waals surface area contributed by atoms with Gasteiger partial charge in [0.2, 0.25) is 17.4 Å². The molecule has 12 nitrogen and oxygen atoms in total. The van der Waals surface area contributed by atoms with E-state index in [0.717, 1.165) is 0 Å². The number of para-hydroxylation sites is 1. The van der Waals surface area contributed by atoms with Crippen molar-refractivity contribution in [2.45, 2.75) is 69.9 Å². The van der Waals surface area contributed by atoms with Gasteiger partial charge in [-0.1, -0.05) is 39.0 Å². The average molecular weight is 645 g/mol. The van der Waals surface area contributed by atoms with Crippen LogP contribution in [0.1, 0.15) is 40.0 Å². The van der Waals surface area contributed by atoms with Crippen LogP contribution in [0, 0.1) is 40.4 Å². The Labute approximate surface area is 271 Å². The Morgan fingerprint density at radius 3 is 2.64 bits per heavy atom. The average Bonchev–Trinajstić information content (AvgIpc) is 3.79. The van der Waals surface area contributed by atoms with Crippen LogP contribution < -0.4 is 20.1 Å². The Hall–Kier alpha value is -4.73. The second-order valence-electron chi connectivity index (χ2n) is 14.4. The number of carbonyl (C=O) groups excluding carboxylic acids is 4. The maximum Gasteiger partial charge on any atom is 0.413 e. The molecule has 5 aliphatic rings. The first-order valence-electron chi connectivity index (χ1n) is 16.0. The molecule has 4 heterocycles. The molecule has 4 fully saturated rings. The Kier molecular flexibility index (Phi) is 7.37. The second-order valence-corrected chi connectivity index (χ2v) is 14.4. The number of nitrogens with one attached hydrogen (secondary N) is 2. The van der Waals surface area contributed by atoms with Crippen LogP contribution in [-0.2, 0) is 14.4 Å². The third-order valence-corrected chi connectivity index (χ3v) is 10.6. The van der Waals surface area contributed by atoms with E-state index < -0.39 is 71.0 Å². The van der Waals surface area contributed by atoms with Crippen molar-refractivity contribution in [2.75, 3.05) is 18.4 Å². The summed E-state index contributed by atoms with van der Waals surface area (Å²) in [7, 11) is 0. The minimum atomic E-state index is -1.53. The molecular weight excluding hydrogens is 607 g/mol. The monoisotopic (exact) mass is 644 g/mol. The largest absolute Gasteiger partial charge is 0.472 e. The van der Waals surface area contributed by atoms with Crippen molar-refractivity contribution in [3.8, 4) is 17.6 Å². The minimum absolute atomic E-state index is 0.0188. The lowest BCUT2D eigenvalue weighted by Crippen LogP contribution is -2.60. The normalized spacial score (nSPS) is 32.6. The highest BCUT2D eigenvalue weighted by molar-refractivity contribution is 6.01. The van der Waals surface area contributed by atoms with Crippen LogP contribution in [0.25, 0.3) is 0 Å². The first-order chi connectivity index (χ1) is 22.4. The van der Waals surface area contributed by atoms with Gasteiger partial charge in [-0.2, -0.15) is 5.26 Å². The molecule has 1 aromatic heterocycles. The zero-order valence-corrected chi connectivity index (χ0v) is 26.4. The molecule has 3 aliphatic heterocycles. The summed E-state index contributed by atoms with van der Waals surface area (Å²) < 4.78 is 26.9. The van der Waals surface area contributed by atoms with Crippen LogP contribution in [0.4, 0.5) is 15.0 Å². The molecule has 0 unspecified atom stereocenters. The van der Waals surface area contributed by atoms with Crippen LogP contribution >= 0.6 is 0 Å². The lowest BCUT2D eigenvalue weighted by atomic mass is 9.77. The second kappa shape index (κ2) is 11.2. The number of carbonyl (C=O) groups is 4. The summed E-state index contributed by atoms with van der Waals surface area (Å²) in [4.78, 5) is 62.6. The van der Waals surface area contributed by atoms with E-state index in [1.54, 1.807) is 63.2 Å². The summed E-state index contributed by atoms with van der Waals surface area (Å²) in [6.45, 7) is 5.40. The van der Waals surface area contributed by atoms with E-state index in [2.05, 4.69) is 21.7 Å². The highest BCUT2D eigenvalue weighted by Gasteiger charge is 2.65. The Morgan fingerprint density at radius 2 is 1.91 bits per heavy atom. The number of fused-ring (bicyclic) bond motifs is 6. The molecule has 1 spiro atoms. The van der Waals surface area contributed by atoms with Gasteiger partial charge in [0.1, 0.15) is 30.0 Å². The molecule has 2 N–H and O–H groups in total. The summed E-state index contributed by atoms with van der Waals surface area (Å²) in [5.41, 5.74) is -2.32. The van der Waals surface area contributed by atoms with E-state index in [0.29, 0.717) is 24.3 Å². The van der Waals surface area contributed by atoms with Crippen molar-refractivity contribution in [3.63, 3.8) is 0 Å². The molecule has 7 rings (SSSR count). The van der Waals surface area contributed by atoms with Gasteiger partial charge in [-0.3, -0.25) is 14.4 Å². The summed E-state index contributed by atoms with van der Waals surface area (Å²) in [6.07, 6.45) is 0.523. The predicted octanol–water partition coefficient (Wildman–Crippen LogP) is 3.30. The maximum absolute atomic E-state index is 15.3. The Balaban J connectivity index is 1.19. The summed E-state index contributed by atoms with van der Waals surface area (Å²) in [5.74, 6) is -1.61. The fourth-order valence-corrected chi connectivity index (χ4v) is 8.48. The number of nitriles is 1. The van der Waals surface area contributed by atoms with Gasteiger partial charge in [0.25, 0.3) is 5.91 Å². The number of nitrogens with zero attached hydrogens (tertiary/aromatic N) is 4. The van der Waals surface area contributed by atoms with Crippen LogP contribution in [0.15, 0.2) is 48.7 Å². The molecule has 9 atom stereocenters. The van der Waals surface area contributed by atoms with E-state index in [9.17, 15) is 24.4 Å². The smallest absolute Gasteiger partial charge is 0.413 e. The highest BCUT2D eigenvalue weighted by Crippen LogP contribution is 2.59. The van der Waals surface area contributed by atoms with Gasteiger partial charge in [0.15, 0.2) is 11.6 Å². The number of ether oxygens (including phenoxy) is 2. The third-order valence-electron chi connectivity index (χ3n) is 10.6. The first kappa shape index (κ1) is 30.9. The van der Waals surface area contributed by atoms with Crippen molar-refractivity contribution in [1.82, 2.24) is 20.1 Å². The number of hydrogen-bond acceptors (Lipinski definition) is 8. The van der Waals surface area contributed by atoms with Crippen LogP contribution in [0.2, 0.25) is 0 Å². The van der Waals surface area contributed by atoms with E-state index in [-0.39, 0.29) is 37.2 Å².